The van der Waals surface area contributed by atoms with E-state index in [1.807, 2.05) is 6.92 Å². The number of carbonyl (C=O) groups excluding carboxylic acids is 1. The monoisotopic (exact) mass is 313 g/mol. The lowest BCUT2D eigenvalue weighted by molar-refractivity contribution is -0.156. The first-order valence-corrected chi connectivity index (χ1v) is 8.27. The number of ether oxygens (including phenoxy) is 2. The molecule has 6 heteroatoms. The highest BCUT2D eigenvalue weighted by molar-refractivity contribution is 5.82. The maximum absolute atomic E-state index is 12.5. The van der Waals surface area contributed by atoms with E-state index in [1.54, 1.807) is 11.8 Å². The van der Waals surface area contributed by atoms with Gasteiger partial charge < -0.3 is 19.5 Å². The zero-order valence-electron chi connectivity index (χ0n) is 13.5. The normalized spacial score (nSPS) is 30.8. The van der Waals surface area contributed by atoms with Gasteiger partial charge in [-0.1, -0.05) is 0 Å². The van der Waals surface area contributed by atoms with E-state index in [9.17, 15) is 14.7 Å². The Kier molecular flexibility index (Phi) is 6.20. The average molecular weight is 313 g/mol. The summed E-state index contributed by atoms with van der Waals surface area (Å²) in [4.78, 5) is 25.4. The van der Waals surface area contributed by atoms with Gasteiger partial charge in [-0.3, -0.25) is 9.59 Å². The van der Waals surface area contributed by atoms with Gasteiger partial charge in [-0.25, -0.2) is 0 Å². The minimum Gasteiger partial charge on any atom is -0.481 e. The van der Waals surface area contributed by atoms with E-state index >= 15 is 0 Å². The van der Waals surface area contributed by atoms with E-state index in [4.69, 9.17) is 9.47 Å². The third-order valence-corrected chi connectivity index (χ3v) is 4.74. The average Bonchev–Trinajstić information content (AvgIpc) is 2.53. The van der Waals surface area contributed by atoms with Crippen LogP contribution in [0.4, 0.5) is 0 Å². The molecule has 2 aliphatic heterocycles. The molecule has 2 unspecified atom stereocenters. The first-order chi connectivity index (χ1) is 10.5. The summed E-state index contributed by atoms with van der Waals surface area (Å²) in [6.45, 7) is 5.35. The molecule has 0 bridgehead atoms. The quantitative estimate of drug-likeness (QED) is 0.835. The molecule has 1 N–H and O–H groups in total. The van der Waals surface area contributed by atoms with Crippen molar-refractivity contribution in [1.29, 1.82) is 0 Å². The fourth-order valence-electron chi connectivity index (χ4n) is 3.28. The highest BCUT2D eigenvalue weighted by Crippen LogP contribution is 2.25. The Morgan fingerprint density at radius 3 is 2.73 bits per heavy atom. The molecule has 22 heavy (non-hydrogen) atoms. The third kappa shape index (κ3) is 4.20. The van der Waals surface area contributed by atoms with Gasteiger partial charge in [-0.05, 0) is 46.0 Å². The van der Waals surface area contributed by atoms with E-state index < -0.39 is 18.0 Å². The molecule has 0 spiro atoms. The predicted molar refractivity (Wildman–Crippen MR) is 80.5 cm³/mol. The van der Waals surface area contributed by atoms with E-state index in [0.717, 1.165) is 32.3 Å². The first-order valence-electron chi connectivity index (χ1n) is 8.27. The SMILES string of the molecule is CC(OCC1CCCCO1)C(=O)N1CCC[C@H](C(=O)O)[C@@H]1C. The number of rotatable bonds is 5. The molecule has 0 aliphatic carbocycles. The van der Waals surface area contributed by atoms with E-state index in [-0.39, 0.29) is 18.1 Å². The van der Waals surface area contributed by atoms with Crippen LogP contribution in [0.25, 0.3) is 0 Å². The van der Waals surface area contributed by atoms with Gasteiger partial charge in [-0.15, -0.1) is 0 Å². The Balaban J connectivity index is 1.84. The van der Waals surface area contributed by atoms with Gasteiger partial charge in [0.1, 0.15) is 6.10 Å². The minimum atomic E-state index is -0.825. The molecule has 0 aromatic carbocycles. The van der Waals surface area contributed by atoms with Crippen molar-refractivity contribution in [2.75, 3.05) is 19.8 Å². The largest absolute Gasteiger partial charge is 0.481 e. The second kappa shape index (κ2) is 7.92. The molecule has 0 radical (unpaired) electrons. The van der Waals surface area contributed by atoms with Crippen LogP contribution in [0.5, 0.6) is 0 Å². The zero-order chi connectivity index (χ0) is 16.1. The molecule has 6 nitrogen and oxygen atoms in total. The van der Waals surface area contributed by atoms with Crippen molar-refractivity contribution in [3.8, 4) is 0 Å². The van der Waals surface area contributed by atoms with Gasteiger partial charge in [0.25, 0.3) is 5.91 Å². The molecular formula is C16H27NO5. The Morgan fingerprint density at radius 1 is 1.32 bits per heavy atom. The molecule has 2 heterocycles. The van der Waals surface area contributed by atoms with Crippen LogP contribution < -0.4 is 0 Å². The standard InChI is InChI=1S/C16H27NO5/c1-11-14(16(19)20)7-5-8-17(11)15(18)12(2)22-10-13-6-3-4-9-21-13/h11-14H,3-10H2,1-2H3,(H,19,20)/t11-,12?,13?,14-/m0/s1. The van der Waals surface area contributed by atoms with Crippen molar-refractivity contribution in [3.05, 3.63) is 0 Å². The molecule has 2 rings (SSSR count). The molecule has 0 saturated carbocycles. The van der Waals surface area contributed by atoms with Crippen LogP contribution in [-0.2, 0) is 19.1 Å². The van der Waals surface area contributed by atoms with Gasteiger partial charge in [0.2, 0.25) is 0 Å². The molecule has 2 fully saturated rings. The number of hydrogen-bond donors (Lipinski definition) is 1. The molecule has 1 amide bonds. The second-order valence-corrected chi connectivity index (χ2v) is 6.32. The van der Waals surface area contributed by atoms with Crippen molar-refractivity contribution >= 4 is 11.9 Å². The summed E-state index contributed by atoms with van der Waals surface area (Å²) in [5, 5.41) is 9.23. The molecule has 4 atom stereocenters. The predicted octanol–water partition coefficient (Wildman–Crippen LogP) is 1.67. The lowest BCUT2D eigenvalue weighted by atomic mass is 9.90. The number of nitrogens with zero attached hydrogens (tertiary/aromatic N) is 1. The lowest BCUT2D eigenvalue weighted by Gasteiger charge is -2.38. The summed E-state index contributed by atoms with van der Waals surface area (Å²) >= 11 is 0. The van der Waals surface area contributed by atoms with Crippen molar-refractivity contribution in [2.45, 2.75) is 64.2 Å². The van der Waals surface area contributed by atoms with Crippen molar-refractivity contribution < 1.29 is 24.2 Å². The molecule has 2 saturated heterocycles. The number of carbonyl (C=O) groups is 2. The smallest absolute Gasteiger partial charge is 0.308 e. The Hall–Kier alpha value is -1.14. The second-order valence-electron chi connectivity index (χ2n) is 6.32. The number of piperidine rings is 1. The Labute approximate surface area is 131 Å². The van der Waals surface area contributed by atoms with Crippen molar-refractivity contribution in [2.24, 2.45) is 5.92 Å². The van der Waals surface area contributed by atoms with Crippen LogP contribution in [0.2, 0.25) is 0 Å². The molecule has 126 valence electrons. The topological polar surface area (TPSA) is 76.1 Å². The number of aliphatic carboxylic acids is 1. The van der Waals surface area contributed by atoms with Crippen LogP contribution in [-0.4, -0.2) is 59.9 Å². The fraction of sp³-hybridized carbons (Fsp3) is 0.875. The molecular weight excluding hydrogens is 286 g/mol. The van der Waals surface area contributed by atoms with Crippen molar-refractivity contribution in [1.82, 2.24) is 4.90 Å². The maximum atomic E-state index is 12.5. The van der Waals surface area contributed by atoms with Gasteiger partial charge in [0, 0.05) is 19.2 Å². The maximum Gasteiger partial charge on any atom is 0.308 e. The molecule has 0 aromatic heterocycles. The first kappa shape index (κ1) is 17.2. The van der Waals surface area contributed by atoms with Crippen LogP contribution in [0.15, 0.2) is 0 Å². The summed E-state index contributed by atoms with van der Waals surface area (Å²) in [5.41, 5.74) is 0. The molecule has 0 aromatic rings. The summed E-state index contributed by atoms with van der Waals surface area (Å²) in [6, 6.07) is -0.282. The number of amides is 1. The van der Waals surface area contributed by atoms with Crippen LogP contribution in [0.1, 0.15) is 46.0 Å². The fourth-order valence-corrected chi connectivity index (χ4v) is 3.28. The summed E-state index contributed by atoms with van der Waals surface area (Å²) in [5.74, 6) is -1.42. The number of likely N-dealkylation sites (tertiary alicyclic amines) is 1. The zero-order valence-corrected chi connectivity index (χ0v) is 13.5. The number of carboxylic acid groups (broad SMARTS) is 1. The third-order valence-electron chi connectivity index (χ3n) is 4.74. The lowest BCUT2D eigenvalue weighted by Crippen LogP contribution is -2.52. The highest BCUT2D eigenvalue weighted by Gasteiger charge is 2.37. The van der Waals surface area contributed by atoms with E-state index in [2.05, 4.69) is 0 Å². The summed E-state index contributed by atoms with van der Waals surface area (Å²) in [6.07, 6.45) is 4.08. The summed E-state index contributed by atoms with van der Waals surface area (Å²) in [7, 11) is 0. The number of carboxylic acids is 1. The Bertz CT molecular complexity index is 394. The molecule has 2 aliphatic rings. The summed E-state index contributed by atoms with van der Waals surface area (Å²) < 4.78 is 11.3. The van der Waals surface area contributed by atoms with Crippen LogP contribution >= 0.6 is 0 Å². The van der Waals surface area contributed by atoms with E-state index in [0.29, 0.717) is 19.6 Å². The minimum absolute atomic E-state index is 0.0783. The van der Waals surface area contributed by atoms with Gasteiger partial charge >= 0.3 is 5.97 Å². The van der Waals surface area contributed by atoms with Gasteiger partial charge in [-0.2, -0.15) is 0 Å². The highest BCUT2D eigenvalue weighted by atomic mass is 16.5. The van der Waals surface area contributed by atoms with Crippen LogP contribution in [0.3, 0.4) is 0 Å². The Morgan fingerprint density at radius 2 is 2.09 bits per heavy atom. The van der Waals surface area contributed by atoms with Crippen LogP contribution in [0, 0.1) is 5.92 Å². The van der Waals surface area contributed by atoms with E-state index in [1.165, 1.54) is 0 Å². The van der Waals surface area contributed by atoms with Gasteiger partial charge in [0.15, 0.2) is 0 Å². The number of hydrogen-bond acceptors (Lipinski definition) is 4. The van der Waals surface area contributed by atoms with Crippen molar-refractivity contribution in [3.63, 3.8) is 0 Å². The van der Waals surface area contributed by atoms with Gasteiger partial charge in [0.05, 0.1) is 18.6 Å².